The predicted octanol–water partition coefficient (Wildman–Crippen LogP) is 1.66. The molecule has 2 rings (SSSR count). The summed E-state index contributed by atoms with van der Waals surface area (Å²) in [6.07, 6.45) is -0.110. The van der Waals surface area contributed by atoms with E-state index in [1.54, 1.807) is 13.2 Å². The van der Waals surface area contributed by atoms with Crippen LogP contribution in [0.2, 0.25) is 0 Å². The summed E-state index contributed by atoms with van der Waals surface area (Å²) < 4.78 is 5.13. The summed E-state index contributed by atoms with van der Waals surface area (Å²) in [5.41, 5.74) is -0.174. The van der Waals surface area contributed by atoms with Crippen molar-refractivity contribution in [3.05, 3.63) is 29.8 Å². The van der Waals surface area contributed by atoms with Gasteiger partial charge in [-0.05, 0) is 30.5 Å². The van der Waals surface area contributed by atoms with Crippen molar-refractivity contribution < 1.29 is 19.7 Å². The van der Waals surface area contributed by atoms with E-state index in [9.17, 15) is 9.90 Å². The monoisotopic (exact) mass is 251 g/mol. The second-order valence-corrected chi connectivity index (χ2v) is 4.53. The highest BCUT2D eigenvalue weighted by atomic mass is 16.5. The number of methoxy groups -OCH3 is 1. The molecule has 98 valence electrons. The van der Waals surface area contributed by atoms with Gasteiger partial charge in [0.2, 0.25) is 0 Å². The molecule has 0 unspecified atom stereocenters. The van der Waals surface area contributed by atoms with Crippen molar-refractivity contribution >= 4 is 6.09 Å². The topological polar surface area (TPSA) is 70.0 Å². The van der Waals surface area contributed by atoms with Gasteiger partial charge in [-0.15, -0.1) is 0 Å². The summed E-state index contributed by atoms with van der Waals surface area (Å²) >= 11 is 0. The molecule has 1 amide bonds. The summed E-state index contributed by atoms with van der Waals surface area (Å²) in [6, 6.07) is 7.30. The van der Waals surface area contributed by atoms with Gasteiger partial charge >= 0.3 is 6.09 Å². The molecule has 1 saturated heterocycles. The van der Waals surface area contributed by atoms with Crippen LogP contribution >= 0.6 is 0 Å². The van der Waals surface area contributed by atoms with Gasteiger partial charge in [0.05, 0.1) is 12.7 Å². The van der Waals surface area contributed by atoms with Gasteiger partial charge in [-0.3, -0.25) is 0 Å². The Labute approximate surface area is 106 Å². The molecule has 1 fully saturated rings. The van der Waals surface area contributed by atoms with Crippen LogP contribution < -0.4 is 4.74 Å². The maximum atomic E-state index is 10.8. The molecule has 0 radical (unpaired) electrons. The minimum Gasteiger partial charge on any atom is -0.497 e. The van der Waals surface area contributed by atoms with Gasteiger partial charge in [0, 0.05) is 13.1 Å². The van der Waals surface area contributed by atoms with E-state index < -0.39 is 11.7 Å². The Hall–Kier alpha value is -1.75. The number of hydrogen-bond acceptors (Lipinski definition) is 3. The number of carbonyl (C=O) groups is 1. The van der Waals surface area contributed by atoms with Crippen LogP contribution in [0.25, 0.3) is 0 Å². The molecule has 5 nitrogen and oxygen atoms in total. The van der Waals surface area contributed by atoms with Crippen LogP contribution in [0.3, 0.4) is 0 Å². The third kappa shape index (κ3) is 2.41. The maximum absolute atomic E-state index is 10.8. The van der Waals surface area contributed by atoms with Crippen LogP contribution in [0, 0.1) is 0 Å². The zero-order valence-electron chi connectivity index (χ0n) is 10.3. The summed E-state index contributed by atoms with van der Waals surface area (Å²) in [4.78, 5) is 12.2. The molecule has 2 N–H and O–H groups in total. The van der Waals surface area contributed by atoms with Crippen LogP contribution in [-0.2, 0) is 5.60 Å². The quantitative estimate of drug-likeness (QED) is 0.838. The van der Waals surface area contributed by atoms with Gasteiger partial charge in [0.25, 0.3) is 0 Å². The first-order valence-electron chi connectivity index (χ1n) is 5.90. The van der Waals surface area contributed by atoms with Crippen molar-refractivity contribution in [3.8, 4) is 5.75 Å². The van der Waals surface area contributed by atoms with E-state index in [1.807, 2.05) is 18.2 Å². The minimum atomic E-state index is -0.958. The predicted molar refractivity (Wildman–Crippen MR) is 65.7 cm³/mol. The minimum absolute atomic E-state index is 0.350. The van der Waals surface area contributed by atoms with Crippen LogP contribution in [0.1, 0.15) is 18.4 Å². The first-order chi connectivity index (χ1) is 8.55. The SMILES string of the molecule is COc1cccc(C2(O)CCN(C(=O)O)CC2)c1. The molecule has 1 aliphatic heterocycles. The molecule has 1 aromatic rings. The zero-order valence-corrected chi connectivity index (χ0v) is 10.3. The van der Waals surface area contributed by atoms with Crippen molar-refractivity contribution in [2.75, 3.05) is 20.2 Å². The van der Waals surface area contributed by atoms with Gasteiger partial charge in [-0.2, -0.15) is 0 Å². The Kier molecular flexibility index (Phi) is 3.43. The second-order valence-electron chi connectivity index (χ2n) is 4.53. The lowest BCUT2D eigenvalue weighted by atomic mass is 9.84. The fraction of sp³-hybridized carbons (Fsp3) is 0.462. The van der Waals surface area contributed by atoms with E-state index in [-0.39, 0.29) is 0 Å². The normalized spacial score (nSPS) is 18.4. The molecule has 0 spiro atoms. The number of carboxylic acid groups (broad SMARTS) is 1. The Morgan fingerprint density at radius 2 is 2.06 bits per heavy atom. The number of ether oxygens (including phenoxy) is 1. The average molecular weight is 251 g/mol. The van der Waals surface area contributed by atoms with E-state index in [4.69, 9.17) is 9.84 Å². The van der Waals surface area contributed by atoms with Gasteiger partial charge < -0.3 is 19.8 Å². The molecule has 0 saturated carbocycles. The molecule has 0 bridgehead atoms. The fourth-order valence-electron chi connectivity index (χ4n) is 2.27. The average Bonchev–Trinajstić information content (AvgIpc) is 2.39. The highest BCUT2D eigenvalue weighted by molar-refractivity contribution is 5.65. The van der Waals surface area contributed by atoms with Crippen LogP contribution in [0.15, 0.2) is 24.3 Å². The molecule has 5 heteroatoms. The summed E-state index contributed by atoms with van der Waals surface area (Å²) in [5, 5.41) is 19.5. The van der Waals surface area contributed by atoms with Crippen molar-refractivity contribution in [1.82, 2.24) is 4.90 Å². The molecular formula is C13H17NO4. The molecular weight excluding hydrogens is 234 g/mol. The number of nitrogens with zero attached hydrogens (tertiary/aromatic N) is 1. The summed E-state index contributed by atoms with van der Waals surface area (Å²) in [7, 11) is 1.58. The van der Waals surface area contributed by atoms with Gasteiger partial charge in [-0.25, -0.2) is 4.79 Å². The highest BCUT2D eigenvalue weighted by Gasteiger charge is 2.35. The lowest BCUT2D eigenvalue weighted by molar-refractivity contribution is -0.0214. The Bertz CT molecular complexity index is 438. The molecule has 1 aromatic carbocycles. The number of benzene rings is 1. The largest absolute Gasteiger partial charge is 0.497 e. The van der Waals surface area contributed by atoms with Gasteiger partial charge in [-0.1, -0.05) is 12.1 Å². The van der Waals surface area contributed by atoms with Crippen molar-refractivity contribution in [1.29, 1.82) is 0 Å². The highest BCUT2D eigenvalue weighted by Crippen LogP contribution is 2.34. The molecule has 0 atom stereocenters. The lowest BCUT2D eigenvalue weighted by Gasteiger charge is -2.37. The molecule has 1 heterocycles. The lowest BCUT2D eigenvalue weighted by Crippen LogP contribution is -2.44. The number of hydrogen-bond donors (Lipinski definition) is 2. The van der Waals surface area contributed by atoms with E-state index in [1.165, 1.54) is 4.90 Å². The number of rotatable bonds is 2. The van der Waals surface area contributed by atoms with Crippen LogP contribution in [0.4, 0.5) is 4.79 Å². The third-order valence-electron chi connectivity index (χ3n) is 3.47. The number of piperidine rings is 1. The zero-order chi connectivity index (χ0) is 13.2. The Morgan fingerprint density at radius 3 is 2.61 bits per heavy atom. The van der Waals surface area contributed by atoms with Crippen molar-refractivity contribution in [2.45, 2.75) is 18.4 Å². The molecule has 1 aliphatic rings. The molecule has 0 aliphatic carbocycles. The second kappa shape index (κ2) is 4.86. The molecule has 0 aromatic heterocycles. The van der Waals surface area contributed by atoms with E-state index in [0.717, 1.165) is 5.56 Å². The van der Waals surface area contributed by atoms with Crippen LogP contribution in [0.5, 0.6) is 5.75 Å². The fourth-order valence-corrected chi connectivity index (χ4v) is 2.27. The summed E-state index contributed by atoms with van der Waals surface area (Å²) in [5.74, 6) is 0.696. The van der Waals surface area contributed by atoms with Crippen LogP contribution in [-0.4, -0.2) is 41.4 Å². The third-order valence-corrected chi connectivity index (χ3v) is 3.47. The smallest absolute Gasteiger partial charge is 0.407 e. The number of aliphatic hydroxyl groups is 1. The van der Waals surface area contributed by atoms with E-state index in [2.05, 4.69) is 0 Å². The van der Waals surface area contributed by atoms with Gasteiger partial charge in [0.1, 0.15) is 5.75 Å². The maximum Gasteiger partial charge on any atom is 0.407 e. The first-order valence-corrected chi connectivity index (χ1v) is 5.90. The Balaban J connectivity index is 2.15. The standard InChI is InChI=1S/C13H17NO4/c1-18-11-4-2-3-10(9-11)13(17)5-7-14(8-6-13)12(15)16/h2-4,9,17H,5-8H2,1H3,(H,15,16). The first kappa shape index (κ1) is 12.7. The Morgan fingerprint density at radius 1 is 1.39 bits per heavy atom. The van der Waals surface area contributed by atoms with E-state index >= 15 is 0 Å². The van der Waals surface area contributed by atoms with Gasteiger partial charge in [0.15, 0.2) is 0 Å². The van der Waals surface area contributed by atoms with E-state index in [0.29, 0.717) is 31.7 Å². The number of amides is 1. The number of likely N-dealkylation sites (tertiary alicyclic amines) is 1. The summed E-state index contributed by atoms with van der Waals surface area (Å²) in [6.45, 7) is 0.700. The van der Waals surface area contributed by atoms with Crippen molar-refractivity contribution in [2.24, 2.45) is 0 Å². The molecule has 18 heavy (non-hydrogen) atoms. The van der Waals surface area contributed by atoms with Crippen molar-refractivity contribution in [3.63, 3.8) is 0 Å².